The molecule has 0 bridgehead atoms. The number of para-hydroxylation sites is 1. The maximum absolute atomic E-state index is 15.3. The standard InChI is InChI=1S/C31H35F2N4O9P/c1-20(27(38)41-18-21-10-4-2-5-11-21)36-47(40,46-22-12-6-3-7-13-22)42-19-31(28(32)33)25-24(43-30(44-25)15-8-9-16-30)26(45-31)37-17-14-23(34)35-29(37)39/h2-7,10-14,17,20,24-26,28H,8-9,15-16,18-19H2,1H3,(H,36,40)(H2,34,35,39)/t20-,24+,25-,26+,31+,47?/m0/s1. The van der Waals surface area contributed by atoms with Gasteiger partial charge in [-0.1, -0.05) is 48.5 Å². The molecule has 16 heteroatoms. The number of benzene rings is 2. The van der Waals surface area contributed by atoms with Crippen LogP contribution in [0.1, 0.15) is 44.4 Å². The summed E-state index contributed by atoms with van der Waals surface area (Å²) in [5.41, 5.74) is 2.94. The van der Waals surface area contributed by atoms with E-state index in [1.54, 1.807) is 42.5 Å². The lowest BCUT2D eigenvalue weighted by Crippen LogP contribution is -2.53. The minimum Gasteiger partial charge on any atom is -0.460 e. The Morgan fingerprint density at radius 1 is 1.09 bits per heavy atom. The Kier molecular flexibility index (Phi) is 9.47. The number of nitrogens with zero attached hydrogens (tertiary/aromatic N) is 2. The first-order valence-corrected chi connectivity index (χ1v) is 16.7. The van der Waals surface area contributed by atoms with Crippen molar-refractivity contribution in [3.05, 3.63) is 89.0 Å². The number of nitrogens with one attached hydrogen (secondary N) is 1. The molecule has 1 unspecified atom stereocenters. The van der Waals surface area contributed by atoms with E-state index in [2.05, 4.69) is 10.1 Å². The Hall–Kier alpha value is -3.72. The SMILES string of the molecule is C[C@H](NP(=O)(OC[C@@]1(C(F)F)O[C@@H](n2ccc(N)nc2=O)[C@@H]2OC3(CCCC3)O[C@@H]21)Oc1ccccc1)C(=O)OCc1ccccc1. The molecule has 2 aromatic carbocycles. The smallest absolute Gasteiger partial charge is 0.459 e. The zero-order valence-corrected chi connectivity index (χ0v) is 26.3. The molecule has 252 valence electrons. The molecule has 1 aromatic heterocycles. The minimum atomic E-state index is -4.62. The van der Waals surface area contributed by atoms with Crippen molar-refractivity contribution in [2.75, 3.05) is 12.3 Å². The van der Waals surface area contributed by atoms with Crippen LogP contribution in [0.2, 0.25) is 0 Å². The number of hydrogen-bond donors (Lipinski definition) is 2. The molecule has 1 aliphatic carbocycles. The number of nitrogen functional groups attached to an aromatic ring is 1. The fourth-order valence-corrected chi connectivity index (χ4v) is 7.49. The summed E-state index contributed by atoms with van der Waals surface area (Å²) in [6.45, 7) is 0.278. The van der Waals surface area contributed by atoms with Gasteiger partial charge in [-0.05, 0) is 43.5 Å². The molecule has 1 saturated carbocycles. The maximum atomic E-state index is 15.3. The van der Waals surface area contributed by atoms with Gasteiger partial charge in [0.05, 0.1) is 6.61 Å². The Bertz CT molecular complexity index is 1660. The van der Waals surface area contributed by atoms with Crippen LogP contribution in [-0.2, 0) is 39.4 Å². The molecule has 0 radical (unpaired) electrons. The van der Waals surface area contributed by atoms with E-state index in [0.717, 1.165) is 23.0 Å². The number of anilines is 1. The number of esters is 1. The van der Waals surface area contributed by atoms with Crippen LogP contribution in [0.4, 0.5) is 14.6 Å². The topological polar surface area (TPSA) is 162 Å². The average Bonchev–Trinajstić information content (AvgIpc) is 3.75. The van der Waals surface area contributed by atoms with Crippen molar-refractivity contribution in [3.63, 3.8) is 0 Å². The van der Waals surface area contributed by atoms with Crippen LogP contribution in [0.3, 0.4) is 0 Å². The van der Waals surface area contributed by atoms with E-state index in [0.29, 0.717) is 12.8 Å². The van der Waals surface area contributed by atoms with Gasteiger partial charge in [0.1, 0.15) is 36.4 Å². The molecule has 1 spiro atoms. The minimum absolute atomic E-state index is 0.0539. The van der Waals surface area contributed by atoms with Gasteiger partial charge in [-0.2, -0.15) is 10.1 Å². The van der Waals surface area contributed by atoms with Crippen molar-refractivity contribution in [2.45, 2.75) is 81.5 Å². The summed E-state index contributed by atoms with van der Waals surface area (Å²) < 4.78 is 81.1. The first-order chi connectivity index (χ1) is 22.5. The van der Waals surface area contributed by atoms with Gasteiger partial charge in [-0.3, -0.25) is 13.9 Å². The summed E-state index contributed by atoms with van der Waals surface area (Å²) in [7, 11) is -4.62. The van der Waals surface area contributed by atoms with E-state index < -0.39 is 68.3 Å². The fraction of sp³-hybridized carbons (Fsp3) is 0.452. The van der Waals surface area contributed by atoms with Gasteiger partial charge in [0.25, 0.3) is 6.43 Å². The third-order valence-corrected chi connectivity index (χ3v) is 9.94. The molecule has 47 heavy (non-hydrogen) atoms. The summed E-state index contributed by atoms with van der Waals surface area (Å²) in [6.07, 6.45) is -3.67. The Morgan fingerprint density at radius 3 is 2.43 bits per heavy atom. The summed E-state index contributed by atoms with van der Waals surface area (Å²) in [4.78, 5) is 29.4. The number of aromatic nitrogens is 2. The third kappa shape index (κ3) is 6.96. The molecule has 3 aromatic rings. The molecule has 6 atom stereocenters. The number of alkyl halides is 2. The lowest BCUT2D eigenvalue weighted by atomic mass is 9.96. The second kappa shape index (κ2) is 13.4. The zero-order chi connectivity index (χ0) is 33.2. The number of hydrogen-bond acceptors (Lipinski definition) is 11. The predicted octanol–water partition coefficient (Wildman–Crippen LogP) is 4.34. The van der Waals surface area contributed by atoms with E-state index >= 15 is 8.78 Å². The monoisotopic (exact) mass is 676 g/mol. The summed E-state index contributed by atoms with van der Waals surface area (Å²) in [5, 5.41) is 2.51. The molecule has 3 fully saturated rings. The number of ether oxygens (including phenoxy) is 4. The van der Waals surface area contributed by atoms with E-state index in [1.807, 2.05) is 6.07 Å². The third-order valence-electron chi connectivity index (χ3n) is 8.31. The van der Waals surface area contributed by atoms with Crippen LogP contribution in [0.25, 0.3) is 0 Å². The predicted molar refractivity (Wildman–Crippen MR) is 162 cm³/mol. The van der Waals surface area contributed by atoms with Gasteiger partial charge < -0.3 is 29.2 Å². The van der Waals surface area contributed by atoms with Gasteiger partial charge in [0.2, 0.25) is 0 Å². The summed E-state index contributed by atoms with van der Waals surface area (Å²) in [6, 6.07) is 16.9. The molecule has 2 saturated heterocycles. The molecule has 3 aliphatic rings. The van der Waals surface area contributed by atoms with Crippen LogP contribution in [-0.4, -0.2) is 58.2 Å². The van der Waals surface area contributed by atoms with Gasteiger partial charge in [0.15, 0.2) is 17.6 Å². The van der Waals surface area contributed by atoms with Gasteiger partial charge in [-0.15, -0.1) is 0 Å². The van der Waals surface area contributed by atoms with Gasteiger partial charge >= 0.3 is 19.4 Å². The van der Waals surface area contributed by atoms with Crippen LogP contribution in [0, 0.1) is 0 Å². The molecule has 13 nitrogen and oxygen atoms in total. The van der Waals surface area contributed by atoms with Crippen molar-refractivity contribution >= 4 is 19.5 Å². The molecule has 0 amide bonds. The Morgan fingerprint density at radius 2 is 1.77 bits per heavy atom. The lowest BCUT2D eigenvalue weighted by molar-refractivity contribution is -0.261. The van der Waals surface area contributed by atoms with E-state index in [4.69, 9.17) is 33.7 Å². The zero-order valence-electron chi connectivity index (χ0n) is 25.4. The number of carbonyl (C=O) groups is 1. The Labute approximate surface area is 268 Å². The fourth-order valence-electron chi connectivity index (χ4n) is 5.96. The molecule has 3 N–H and O–H groups in total. The van der Waals surface area contributed by atoms with Crippen molar-refractivity contribution < 1.29 is 46.1 Å². The van der Waals surface area contributed by atoms with Crippen LogP contribution < -0.4 is 21.0 Å². The van der Waals surface area contributed by atoms with Crippen molar-refractivity contribution in [1.82, 2.24) is 14.6 Å². The van der Waals surface area contributed by atoms with Gasteiger partial charge in [-0.25, -0.2) is 18.1 Å². The second-order valence-corrected chi connectivity index (χ2v) is 13.4. The highest BCUT2D eigenvalue weighted by molar-refractivity contribution is 7.52. The van der Waals surface area contributed by atoms with Crippen LogP contribution >= 0.6 is 7.75 Å². The lowest BCUT2D eigenvalue weighted by Gasteiger charge is -2.35. The quantitative estimate of drug-likeness (QED) is 0.207. The highest BCUT2D eigenvalue weighted by Gasteiger charge is 2.69. The highest BCUT2D eigenvalue weighted by atomic mass is 31.2. The normalized spacial score (nSPS) is 26.6. The number of rotatable bonds is 12. The van der Waals surface area contributed by atoms with E-state index in [1.165, 1.54) is 31.3 Å². The average molecular weight is 677 g/mol. The number of halogens is 2. The summed E-state index contributed by atoms with van der Waals surface area (Å²) >= 11 is 0. The first-order valence-electron chi connectivity index (χ1n) is 15.2. The number of carbonyl (C=O) groups excluding carboxylic acids is 1. The van der Waals surface area contributed by atoms with Crippen LogP contribution in [0.15, 0.2) is 77.7 Å². The Balaban J connectivity index is 1.27. The van der Waals surface area contributed by atoms with E-state index in [9.17, 15) is 14.2 Å². The van der Waals surface area contributed by atoms with E-state index in [-0.39, 0.29) is 18.2 Å². The molecule has 6 rings (SSSR count). The van der Waals surface area contributed by atoms with Crippen molar-refractivity contribution in [1.29, 1.82) is 0 Å². The largest absolute Gasteiger partial charge is 0.460 e. The van der Waals surface area contributed by atoms with Gasteiger partial charge in [0, 0.05) is 19.0 Å². The maximum Gasteiger partial charge on any atom is 0.459 e. The molecular formula is C31H35F2N4O9P. The van der Waals surface area contributed by atoms with Crippen molar-refractivity contribution in [3.8, 4) is 5.75 Å². The van der Waals surface area contributed by atoms with Crippen LogP contribution in [0.5, 0.6) is 5.75 Å². The second-order valence-electron chi connectivity index (χ2n) is 11.7. The van der Waals surface area contributed by atoms with Crippen molar-refractivity contribution in [2.24, 2.45) is 0 Å². The molecule has 2 aliphatic heterocycles. The number of fused-ring (bicyclic) bond motifs is 1. The number of nitrogens with two attached hydrogens (primary N) is 1. The molecular weight excluding hydrogens is 641 g/mol. The summed E-state index contributed by atoms with van der Waals surface area (Å²) in [5.74, 6) is -1.95. The first kappa shape index (κ1) is 33.2. The highest BCUT2D eigenvalue weighted by Crippen LogP contribution is 2.56. The molecule has 3 heterocycles.